The van der Waals surface area contributed by atoms with Gasteiger partial charge in [0.05, 0.1) is 34.9 Å². The fourth-order valence-electron chi connectivity index (χ4n) is 2.96. The quantitative estimate of drug-likeness (QED) is 0.923. The molecule has 1 aromatic rings. The number of aliphatic hydroxyl groups excluding tert-OH is 1. The van der Waals surface area contributed by atoms with Gasteiger partial charge >= 0.3 is 0 Å². The van der Waals surface area contributed by atoms with E-state index in [1.807, 2.05) is 25.3 Å². The third-order valence-electron chi connectivity index (χ3n) is 3.56. The molecule has 0 radical (unpaired) electrons. The second-order valence-electron chi connectivity index (χ2n) is 6.84. The van der Waals surface area contributed by atoms with Gasteiger partial charge in [-0.15, -0.1) is 0 Å². The van der Waals surface area contributed by atoms with Crippen LogP contribution in [-0.4, -0.2) is 34.4 Å². The van der Waals surface area contributed by atoms with Crippen LogP contribution in [-0.2, 0) is 4.74 Å². The Morgan fingerprint density at radius 3 is 2.30 bits per heavy atom. The molecule has 1 aromatic heterocycles. The zero-order valence-electron chi connectivity index (χ0n) is 13.2. The number of nitrogens with zero attached hydrogens (tertiary/aromatic N) is 2. The van der Waals surface area contributed by atoms with Crippen LogP contribution in [0.25, 0.3) is 0 Å². The first-order valence-electron chi connectivity index (χ1n) is 7.31. The van der Waals surface area contributed by atoms with Crippen molar-refractivity contribution in [2.75, 3.05) is 18.0 Å². The smallest absolute Gasteiger partial charge is 0.0957 e. The van der Waals surface area contributed by atoms with Crippen molar-refractivity contribution < 1.29 is 9.84 Å². The van der Waals surface area contributed by atoms with Gasteiger partial charge in [0, 0.05) is 13.1 Å². The van der Waals surface area contributed by atoms with Crippen molar-refractivity contribution in [3.05, 3.63) is 24.0 Å². The zero-order chi connectivity index (χ0) is 15.0. The van der Waals surface area contributed by atoms with E-state index >= 15 is 0 Å². The van der Waals surface area contributed by atoms with Crippen molar-refractivity contribution in [3.63, 3.8) is 0 Å². The lowest BCUT2D eigenvalue weighted by Crippen LogP contribution is -2.57. The largest absolute Gasteiger partial charge is 0.387 e. The summed E-state index contributed by atoms with van der Waals surface area (Å²) in [5.74, 6) is 0. The molecule has 1 aliphatic heterocycles. The number of pyridine rings is 1. The first-order valence-corrected chi connectivity index (χ1v) is 7.31. The second-order valence-corrected chi connectivity index (χ2v) is 6.84. The normalized spacial score (nSPS) is 22.6. The summed E-state index contributed by atoms with van der Waals surface area (Å²) in [7, 11) is 0. The van der Waals surface area contributed by atoms with Gasteiger partial charge in [-0.2, -0.15) is 0 Å². The maximum Gasteiger partial charge on any atom is 0.0957 e. The second kappa shape index (κ2) is 5.34. The summed E-state index contributed by atoms with van der Waals surface area (Å²) in [6, 6.07) is 3.96. The molecule has 112 valence electrons. The molecular weight excluding hydrogens is 252 g/mol. The van der Waals surface area contributed by atoms with E-state index in [0.717, 1.165) is 24.5 Å². The fraction of sp³-hybridized carbons (Fsp3) is 0.688. The van der Waals surface area contributed by atoms with Crippen molar-refractivity contribution >= 4 is 5.69 Å². The third kappa shape index (κ3) is 3.49. The van der Waals surface area contributed by atoms with Crippen LogP contribution in [0.1, 0.15) is 52.8 Å². The SMILES string of the molecule is CC[C@@H](O)c1ccc(N2CC(C)(C)OC(C)(C)C2)cn1. The maximum absolute atomic E-state index is 9.80. The van der Waals surface area contributed by atoms with Crippen molar-refractivity contribution in [1.29, 1.82) is 0 Å². The highest BCUT2D eigenvalue weighted by atomic mass is 16.5. The van der Waals surface area contributed by atoms with Crippen LogP contribution in [0, 0.1) is 0 Å². The highest BCUT2D eigenvalue weighted by Gasteiger charge is 2.38. The van der Waals surface area contributed by atoms with E-state index < -0.39 is 6.10 Å². The monoisotopic (exact) mass is 278 g/mol. The molecule has 4 nitrogen and oxygen atoms in total. The van der Waals surface area contributed by atoms with E-state index in [0.29, 0.717) is 6.42 Å². The average Bonchev–Trinajstić information content (AvgIpc) is 2.34. The number of hydrogen-bond donors (Lipinski definition) is 1. The molecule has 2 rings (SSSR count). The number of aromatic nitrogens is 1. The Morgan fingerprint density at radius 2 is 1.85 bits per heavy atom. The summed E-state index contributed by atoms with van der Waals surface area (Å²) in [5.41, 5.74) is 1.47. The van der Waals surface area contributed by atoms with Crippen molar-refractivity contribution in [3.8, 4) is 0 Å². The molecule has 0 bridgehead atoms. The Kier molecular flexibility index (Phi) is 4.07. The maximum atomic E-state index is 9.80. The van der Waals surface area contributed by atoms with Gasteiger partial charge < -0.3 is 14.7 Å². The van der Waals surface area contributed by atoms with E-state index in [9.17, 15) is 5.11 Å². The molecule has 0 saturated carbocycles. The molecule has 2 heterocycles. The highest BCUT2D eigenvalue weighted by Crippen LogP contribution is 2.31. The molecule has 1 atom stereocenters. The Balaban J connectivity index is 2.18. The number of morpholine rings is 1. The fourth-order valence-corrected chi connectivity index (χ4v) is 2.96. The van der Waals surface area contributed by atoms with Gasteiger partial charge in [0.25, 0.3) is 0 Å². The van der Waals surface area contributed by atoms with Crippen molar-refractivity contribution in [1.82, 2.24) is 4.98 Å². The minimum atomic E-state index is -0.471. The molecule has 1 saturated heterocycles. The third-order valence-corrected chi connectivity index (χ3v) is 3.56. The number of ether oxygens (including phenoxy) is 1. The minimum absolute atomic E-state index is 0.177. The summed E-state index contributed by atoms with van der Waals surface area (Å²) in [6.07, 6.45) is 2.07. The number of anilines is 1. The van der Waals surface area contributed by atoms with Gasteiger partial charge in [0.2, 0.25) is 0 Å². The van der Waals surface area contributed by atoms with Crippen LogP contribution in [0.4, 0.5) is 5.69 Å². The molecule has 4 heteroatoms. The number of hydrogen-bond acceptors (Lipinski definition) is 4. The number of rotatable bonds is 3. The van der Waals surface area contributed by atoms with Crippen LogP contribution in [0.2, 0.25) is 0 Å². The van der Waals surface area contributed by atoms with E-state index in [4.69, 9.17) is 4.74 Å². The highest BCUT2D eigenvalue weighted by molar-refractivity contribution is 5.46. The molecule has 0 spiro atoms. The summed E-state index contributed by atoms with van der Waals surface area (Å²) >= 11 is 0. The van der Waals surface area contributed by atoms with Gasteiger partial charge in [-0.1, -0.05) is 6.92 Å². The van der Waals surface area contributed by atoms with Crippen LogP contribution in [0.5, 0.6) is 0 Å². The summed E-state index contributed by atoms with van der Waals surface area (Å²) < 4.78 is 6.09. The first kappa shape index (κ1) is 15.3. The topological polar surface area (TPSA) is 45.6 Å². The summed E-state index contributed by atoms with van der Waals surface area (Å²) in [6.45, 7) is 12.1. The van der Waals surface area contributed by atoms with Crippen LogP contribution >= 0.6 is 0 Å². The Hall–Kier alpha value is -1.13. The lowest BCUT2D eigenvalue weighted by molar-refractivity contribution is -0.133. The molecule has 0 amide bonds. The van der Waals surface area contributed by atoms with Crippen LogP contribution < -0.4 is 4.90 Å². The predicted octanol–water partition coefficient (Wildman–Crippen LogP) is 2.92. The van der Waals surface area contributed by atoms with E-state index in [2.05, 4.69) is 37.6 Å². The van der Waals surface area contributed by atoms with Gasteiger partial charge in [-0.05, 0) is 46.2 Å². The summed E-state index contributed by atoms with van der Waals surface area (Å²) in [4.78, 5) is 6.69. The molecule has 0 aliphatic carbocycles. The standard InChI is InChI=1S/C16H26N2O2/c1-6-14(19)13-8-7-12(9-17-13)18-10-15(2,3)20-16(4,5)11-18/h7-9,14,19H,6,10-11H2,1-5H3/t14-/m1/s1. The van der Waals surface area contributed by atoms with Crippen LogP contribution in [0.3, 0.4) is 0 Å². The molecule has 1 N–H and O–H groups in total. The van der Waals surface area contributed by atoms with Crippen LogP contribution in [0.15, 0.2) is 18.3 Å². The average molecular weight is 278 g/mol. The molecule has 20 heavy (non-hydrogen) atoms. The first-order chi connectivity index (χ1) is 9.22. The zero-order valence-corrected chi connectivity index (χ0v) is 13.2. The Morgan fingerprint density at radius 1 is 1.25 bits per heavy atom. The van der Waals surface area contributed by atoms with Gasteiger partial charge in [-0.25, -0.2) is 0 Å². The van der Waals surface area contributed by atoms with E-state index in [1.54, 1.807) is 0 Å². The van der Waals surface area contributed by atoms with Crippen molar-refractivity contribution in [2.45, 2.75) is 58.3 Å². The van der Waals surface area contributed by atoms with Crippen molar-refractivity contribution in [2.24, 2.45) is 0 Å². The van der Waals surface area contributed by atoms with E-state index in [1.165, 1.54) is 0 Å². The minimum Gasteiger partial charge on any atom is -0.387 e. The lowest BCUT2D eigenvalue weighted by Gasteiger charge is -2.48. The molecule has 0 unspecified atom stereocenters. The Labute approximate surface area is 121 Å². The predicted molar refractivity (Wildman–Crippen MR) is 80.9 cm³/mol. The lowest BCUT2D eigenvalue weighted by atomic mass is 9.98. The van der Waals surface area contributed by atoms with Gasteiger partial charge in [-0.3, -0.25) is 4.98 Å². The van der Waals surface area contributed by atoms with Gasteiger partial charge in [0.1, 0.15) is 0 Å². The number of aliphatic hydroxyl groups is 1. The molecule has 1 aliphatic rings. The van der Waals surface area contributed by atoms with E-state index in [-0.39, 0.29) is 11.2 Å². The summed E-state index contributed by atoms with van der Waals surface area (Å²) in [5, 5.41) is 9.80. The molecule has 0 aromatic carbocycles. The van der Waals surface area contributed by atoms with Gasteiger partial charge in [0.15, 0.2) is 0 Å². The molecular formula is C16H26N2O2. The molecule has 1 fully saturated rings. The Bertz CT molecular complexity index is 438.